The molecule has 0 amide bonds. The number of benzene rings is 4. The van der Waals surface area contributed by atoms with Crippen molar-refractivity contribution in [3.63, 3.8) is 0 Å². The minimum Gasteiger partial charge on any atom is -0.374 e. The number of hydrogen-bond acceptors (Lipinski definition) is 6. The second kappa shape index (κ2) is 13.8. The van der Waals surface area contributed by atoms with Crippen molar-refractivity contribution in [1.82, 2.24) is 0 Å². The van der Waals surface area contributed by atoms with E-state index < -0.39 is 7.32 Å². The normalized spacial score (nSPS) is 14.1. The molecule has 0 N–H and O–H groups in total. The van der Waals surface area contributed by atoms with Gasteiger partial charge in [-0.15, -0.1) is 12.6 Å². The van der Waals surface area contributed by atoms with Gasteiger partial charge < -0.3 is 14.0 Å². The first kappa shape index (κ1) is 27.4. The lowest BCUT2D eigenvalue weighted by Crippen LogP contribution is -2.36. The van der Waals surface area contributed by atoms with E-state index in [0.29, 0.717) is 0 Å². The molecule has 3 unspecified atom stereocenters. The number of thiol groups is 1. The van der Waals surface area contributed by atoms with Gasteiger partial charge in [0.15, 0.2) is 0 Å². The van der Waals surface area contributed by atoms with Gasteiger partial charge in [-0.1, -0.05) is 117 Å². The summed E-state index contributed by atoms with van der Waals surface area (Å²) >= 11 is 7.99. The van der Waals surface area contributed by atoms with Gasteiger partial charge >= 0.3 is 7.32 Å². The molecule has 0 radical (unpaired) electrons. The fraction of sp³-hybridized carbons (Fsp3) is 0.310. The Kier molecular flexibility index (Phi) is 10.5. The molecule has 188 valence electrons. The van der Waals surface area contributed by atoms with Crippen molar-refractivity contribution in [1.29, 1.82) is 0 Å². The molecule has 3 atom stereocenters. The van der Waals surface area contributed by atoms with Gasteiger partial charge in [-0.05, 0) is 52.9 Å². The molecule has 0 spiro atoms. The third-order valence-electron chi connectivity index (χ3n) is 5.83. The van der Waals surface area contributed by atoms with Crippen LogP contribution in [0.1, 0.15) is 40.0 Å². The molecule has 36 heavy (non-hydrogen) atoms. The molecule has 7 heteroatoms. The zero-order valence-electron chi connectivity index (χ0n) is 21.0. The third kappa shape index (κ3) is 7.24. The van der Waals surface area contributed by atoms with Gasteiger partial charge in [0.1, 0.15) is 0 Å². The standard InChI is InChI=1S/C29H33BO3S3/c1-4-27(34)31-30(32-28(5-2)35-25-19-11-15-21-13-7-9-17-23(21)25)33-29(6-3)36-26-20-12-16-22-14-8-10-18-24(22)26/h7-20,27-29,34H,4-6H2,1-3H3. The summed E-state index contributed by atoms with van der Waals surface area (Å²) in [5.74, 6) is 0. The summed E-state index contributed by atoms with van der Waals surface area (Å²) in [6.45, 7) is 6.29. The van der Waals surface area contributed by atoms with Crippen LogP contribution in [0.3, 0.4) is 0 Å². The molecular formula is C29H33BO3S3. The predicted octanol–water partition coefficient (Wildman–Crippen LogP) is 9.05. The van der Waals surface area contributed by atoms with Crippen LogP contribution in [-0.4, -0.2) is 23.6 Å². The molecule has 0 aliphatic rings. The van der Waals surface area contributed by atoms with E-state index in [1.165, 1.54) is 31.3 Å². The van der Waals surface area contributed by atoms with E-state index in [9.17, 15) is 0 Å². The molecule has 0 aliphatic heterocycles. The minimum absolute atomic E-state index is 0.127. The maximum absolute atomic E-state index is 6.44. The molecule has 0 saturated heterocycles. The SMILES string of the molecule is CCC(S)OB(OC(CC)Sc1cccc2ccccc12)OC(CC)Sc1cccc2ccccc12. The summed E-state index contributed by atoms with van der Waals surface area (Å²) in [5, 5.41) is 4.90. The molecule has 4 rings (SSSR count). The lowest BCUT2D eigenvalue weighted by atomic mass is 10.1. The quantitative estimate of drug-likeness (QED) is 0.0796. The topological polar surface area (TPSA) is 27.7 Å². The largest absolute Gasteiger partial charge is 0.641 e. The molecule has 0 fully saturated rings. The highest BCUT2D eigenvalue weighted by Gasteiger charge is 2.32. The first-order chi connectivity index (χ1) is 17.6. The minimum atomic E-state index is -0.813. The summed E-state index contributed by atoms with van der Waals surface area (Å²) < 4.78 is 19.0. The van der Waals surface area contributed by atoms with E-state index in [4.69, 9.17) is 14.0 Å². The Labute approximate surface area is 229 Å². The summed E-state index contributed by atoms with van der Waals surface area (Å²) in [6.07, 6.45) is 2.38. The van der Waals surface area contributed by atoms with Gasteiger partial charge in [0.25, 0.3) is 0 Å². The van der Waals surface area contributed by atoms with Gasteiger partial charge in [0.05, 0.1) is 16.3 Å². The molecule has 3 nitrogen and oxygen atoms in total. The molecular weight excluding hydrogens is 503 g/mol. The highest BCUT2D eigenvalue weighted by atomic mass is 32.2. The van der Waals surface area contributed by atoms with Crippen LogP contribution in [0.5, 0.6) is 0 Å². The molecule has 0 saturated carbocycles. The number of fused-ring (bicyclic) bond motifs is 2. The van der Waals surface area contributed by atoms with Crippen molar-refractivity contribution in [3.05, 3.63) is 84.9 Å². The lowest BCUT2D eigenvalue weighted by molar-refractivity contribution is 0.0671. The van der Waals surface area contributed by atoms with Crippen LogP contribution in [0.4, 0.5) is 0 Å². The predicted molar refractivity (Wildman–Crippen MR) is 160 cm³/mol. The van der Waals surface area contributed by atoms with E-state index in [2.05, 4.69) is 111 Å². The van der Waals surface area contributed by atoms with Gasteiger partial charge in [-0.2, -0.15) is 0 Å². The highest BCUT2D eigenvalue weighted by molar-refractivity contribution is 8.00. The second-order valence-electron chi connectivity index (χ2n) is 8.43. The Morgan fingerprint density at radius 3 is 1.50 bits per heavy atom. The average Bonchev–Trinajstić information content (AvgIpc) is 2.92. The molecule has 0 heterocycles. The van der Waals surface area contributed by atoms with Gasteiger partial charge in [-0.25, -0.2) is 0 Å². The fourth-order valence-electron chi connectivity index (χ4n) is 3.86. The molecule has 0 aromatic heterocycles. The van der Waals surface area contributed by atoms with Crippen molar-refractivity contribution in [2.75, 3.05) is 0 Å². The number of thioether (sulfide) groups is 2. The lowest BCUT2D eigenvalue weighted by Gasteiger charge is -2.26. The van der Waals surface area contributed by atoms with Gasteiger partial charge in [0.2, 0.25) is 0 Å². The van der Waals surface area contributed by atoms with E-state index >= 15 is 0 Å². The smallest absolute Gasteiger partial charge is 0.374 e. The van der Waals surface area contributed by atoms with Crippen molar-refractivity contribution in [2.45, 2.75) is 66.1 Å². The number of rotatable bonds is 13. The summed E-state index contributed by atoms with van der Waals surface area (Å²) in [7, 11) is -0.813. The van der Waals surface area contributed by atoms with Crippen LogP contribution in [0.2, 0.25) is 0 Å². The van der Waals surface area contributed by atoms with Crippen LogP contribution >= 0.6 is 36.2 Å². The van der Waals surface area contributed by atoms with E-state index in [0.717, 1.165) is 19.3 Å². The second-order valence-corrected chi connectivity index (χ2v) is 11.4. The van der Waals surface area contributed by atoms with E-state index in [1.807, 2.05) is 6.92 Å². The van der Waals surface area contributed by atoms with Crippen molar-refractivity contribution in [2.24, 2.45) is 0 Å². The van der Waals surface area contributed by atoms with Crippen LogP contribution < -0.4 is 0 Å². The third-order valence-corrected chi connectivity index (χ3v) is 8.95. The Balaban J connectivity index is 1.50. The summed E-state index contributed by atoms with van der Waals surface area (Å²) in [4.78, 5) is 2.38. The monoisotopic (exact) mass is 536 g/mol. The zero-order valence-corrected chi connectivity index (χ0v) is 23.5. The summed E-state index contributed by atoms with van der Waals surface area (Å²) in [5.41, 5.74) is -0.522. The Hall–Kier alpha value is -1.61. The Morgan fingerprint density at radius 2 is 1.06 bits per heavy atom. The summed E-state index contributed by atoms with van der Waals surface area (Å²) in [6, 6.07) is 29.6. The molecule has 4 aromatic carbocycles. The highest BCUT2D eigenvalue weighted by Crippen LogP contribution is 2.35. The van der Waals surface area contributed by atoms with Crippen molar-refractivity contribution >= 4 is 65.0 Å². The van der Waals surface area contributed by atoms with Crippen LogP contribution in [0.25, 0.3) is 21.5 Å². The Morgan fingerprint density at radius 1 is 0.611 bits per heavy atom. The first-order valence-electron chi connectivity index (χ1n) is 12.5. The van der Waals surface area contributed by atoms with E-state index in [1.54, 1.807) is 23.5 Å². The Bertz CT molecular complexity index is 1150. The fourth-order valence-corrected chi connectivity index (χ4v) is 6.10. The van der Waals surface area contributed by atoms with Crippen LogP contribution in [0, 0.1) is 0 Å². The molecule has 0 aliphatic carbocycles. The van der Waals surface area contributed by atoms with Gasteiger partial charge in [-0.3, -0.25) is 0 Å². The van der Waals surface area contributed by atoms with Crippen LogP contribution in [-0.2, 0) is 14.0 Å². The van der Waals surface area contributed by atoms with Crippen molar-refractivity contribution in [3.8, 4) is 0 Å². The first-order valence-corrected chi connectivity index (χ1v) is 14.8. The van der Waals surface area contributed by atoms with Gasteiger partial charge in [0, 0.05) is 9.79 Å². The maximum atomic E-state index is 6.44. The van der Waals surface area contributed by atoms with Crippen molar-refractivity contribution < 1.29 is 14.0 Å². The van der Waals surface area contributed by atoms with E-state index in [-0.39, 0.29) is 16.3 Å². The van der Waals surface area contributed by atoms with Crippen LogP contribution in [0.15, 0.2) is 94.7 Å². The molecule has 4 aromatic rings. The maximum Gasteiger partial charge on any atom is 0.641 e. The molecule has 0 bridgehead atoms. The number of hydrogen-bond donors (Lipinski definition) is 1. The zero-order chi connectivity index (χ0) is 25.3. The average molecular weight is 537 g/mol.